The van der Waals surface area contributed by atoms with Crippen LogP contribution in [0.1, 0.15) is 54.2 Å². The molecule has 0 aromatic carbocycles. The topological polar surface area (TPSA) is 207 Å². The van der Waals surface area contributed by atoms with E-state index in [0.717, 1.165) is 38.5 Å². The van der Waals surface area contributed by atoms with Gasteiger partial charge in [0.2, 0.25) is 0 Å². The molecule has 9 N–H and O–H groups in total. The molecule has 0 amide bonds. The molecule has 0 rings (SSSR count). The first kappa shape index (κ1) is 31.7. The molecule has 0 fully saturated rings. The fourth-order valence-corrected chi connectivity index (χ4v) is 1.19. The van der Waals surface area contributed by atoms with E-state index in [4.69, 9.17) is 34.7 Å². The summed E-state index contributed by atoms with van der Waals surface area (Å²) in [5.74, 6) is -1.43. The van der Waals surface area contributed by atoms with Gasteiger partial charge in [-0.3, -0.25) is 14.1 Å². The molecule has 10 nitrogen and oxygen atoms in total. The molecule has 0 saturated carbocycles. The van der Waals surface area contributed by atoms with Crippen LogP contribution in [0.15, 0.2) is 0 Å². The second kappa shape index (κ2) is 23.0. The van der Waals surface area contributed by atoms with Crippen LogP contribution in [0.5, 0.6) is 0 Å². The summed E-state index contributed by atoms with van der Waals surface area (Å²) in [4.78, 5) is 19.9. The molecular formula is C12H31CaN3O7S. The Morgan fingerprint density at radius 2 is 1.04 bits per heavy atom. The smallest absolute Gasteiger partial charge is 1.00 e. The van der Waals surface area contributed by atoms with E-state index in [1.165, 1.54) is 0 Å². The quantitative estimate of drug-likeness (QED) is 0.162. The Kier molecular flexibility index (Phi) is 30.4. The van der Waals surface area contributed by atoms with Gasteiger partial charge in [0.05, 0.1) is 0 Å². The molecule has 12 heteroatoms. The molecule has 0 heterocycles. The van der Waals surface area contributed by atoms with Crippen molar-refractivity contribution < 1.29 is 35.6 Å². The summed E-state index contributed by atoms with van der Waals surface area (Å²) in [5.41, 5.74) is 10.4. The monoisotopic (exact) mass is 401 g/mol. The van der Waals surface area contributed by atoms with Crippen LogP contribution in [0, 0.1) is 0 Å². The summed E-state index contributed by atoms with van der Waals surface area (Å²) in [6, 6.07) is 0. The Hall–Kier alpha value is -0.0103. The van der Waals surface area contributed by atoms with Crippen LogP contribution in [-0.4, -0.2) is 85.9 Å². The van der Waals surface area contributed by atoms with Gasteiger partial charge in [-0.2, -0.15) is 8.42 Å². The molecule has 0 aromatic rings. The number of unbranched alkanes of at least 4 members (excludes halogenated alkanes) is 4. The van der Waals surface area contributed by atoms with Gasteiger partial charge >= 0.3 is 60.0 Å². The second-order valence-electron chi connectivity index (χ2n) is 4.50. The van der Waals surface area contributed by atoms with Gasteiger partial charge in [-0.05, 0) is 38.8 Å². The minimum Gasteiger partial charge on any atom is -1.00 e. The predicted octanol–water partition coefficient (Wildman–Crippen LogP) is -0.228. The minimum absolute atomic E-state index is 0. The molecule has 144 valence electrons. The first-order chi connectivity index (χ1) is 10.5. The van der Waals surface area contributed by atoms with Crippen LogP contribution in [0.2, 0.25) is 0 Å². The molecule has 0 saturated heterocycles. The summed E-state index contributed by atoms with van der Waals surface area (Å²) < 4.78 is 25.2. The van der Waals surface area contributed by atoms with Gasteiger partial charge in [-0.15, -0.1) is 0 Å². The Balaban J connectivity index is -0.0000000566. The standard InChI is InChI=1S/2C6H13NO2.Ca.H3NO3S.2H/c2*7-5-3-1-2-4-6(8)9;;1-5(2,3)4;;/h2*1-5,7H2,(H,8,9);;(H3,1,2,3,4);;/q;;+2;;2*-1. The molecule has 0 aliphatic carbocycles. The van der Waals surface area contributed by atoms with Gasteiger partial charge in [0.25, 0.3) is 0 Å². The van der Waals surface area contributed by atoms with Gasteiger partial charge in [0.1, 0.15) is 0 Å². The van der Waals surface area contributed by atoms with Crippen molar-refractivity contribution in [2.45, 2.75) is 51.4 Å². The minimum atomic E-state index is -4.17. The molecule has 24 heavy (non-hydrogen) atoms. The largest absolute Gasteiger partial charge is 2.00 e. The Morgan fingerprint density at radius 1 is 0.792 bits per heavy atom. The number of carboxylic acid groups (broad SMARTS) is 2. The van der Waals surface area contributed by atoms with Crippen LogP contribution in [0.4, 0.5) is 0 Å². The maximum atomic E-state index is 9.93. The van der Waals surface area contributed by atoms with Crippen molar-refractivity contribution >= 4 is 60.0 Å². The average molecular weight is 402 g/mol. The van der Waals surface area contributed by atoms with Gasteiger partial charge in [0, 0.05) is 12.8 Å². The van der Waals surface area contributed by atoms with Crippen molar-refractivity contribution in [3.63, 3.8) is 0 Å². The Bertz CT molecular complexity index is 374. The fourth-order valence-electron chi connectivity index (χ4n) is 1.19. The Labute approximate surface area is 176 Å². The average Bonchev–Trinajstić information content (AvgIpc) is 2.38. The van der Waals surface area contributed by atoms with E-state index in [9.17, 15) is 9.59 Å². The molecule has 0 aliphatic heterocycles. The van der Waals surface area contributed by atoms with Crippen LogP contribution >= 0.6 is 0 Å². The molecule has 0 aromatic heterocycles. The van der Waals surface area contributed by atoms with Gasteiger partial charge in [-0.1, -0.05) is 12.8 Å². The maximum absolute atomic E-state index is 9.93. The number of carboxylic acids is 2. The van der Waals surface area contributed by atoms with E-state index in [2.05, 4.69) is 5.14 Å². The normalized spacial score (nSPS) is 9.50. The molecular weight excluding hydrogens is 370 g/mol. The summed E-state index contributed by atoms with van der Waals surface area (Å²) in [6.45, 7) is 1.33. The predicted molar refractivity (Wildman–Crippen MR) is 94.0 cm³/mol. The zero-order valence-electron chi connectivity index (χ0n) is 15.9. The summed E-state index contributed by atoms with van der Waals surface area (Å²) in [7, 11) is -4.17. The van der Waals surface area contributed by atoms with Gasteiger partial charge in [-0.25, -0.2) is 5.14 Å². The van der Waals surface area contributed by atoms with Crippen molar-refractivity contribution in [2.75, 3.05) is 13.1 Å². The number of hydrogen-bond acceptors (Lipinski definition) is 6. The first-order valence-electron chi connectivity index (χ1n) is 7.13. The summed E-state index contributed by atoms with van der Waals surface area (Å²) in [6.07, 6.45) is 5.81. The number of hydrogen-bond donors (Lipinski definition) is 6. The van der Waals surface area contributed by atoms with E-state index in [1.807, 2.05) is 0 Å². The van der Waals surface area contributed by atoms with Crippen LogP contribution in [0.3, 0.4) is 0 Å². The fraction of sp³-hybridized carbons (Fsp3) is 0.833. The van der Waals surface area contributed by atoms with E-state index < -0.39 is 22.2 Å². The van der Waals surface area contributed by atoms with Crippen LogP contribution in [0.25, 0.3) is 0 Å². The summed E-state index contributed by atoms with van der Waals surface area (Å²) >= 11 is 0. The SMILES string of the molecule is NCCCCCC(=O)O.NCCCCCC(=O)O.NS(=O)(=O)O.[Ca+2].[H-].[H-]. The third-order valence-corrected chi connectivity index (χ3v) is 2.19. The van der Waals surface area contributed by atoms with Crippen molar-refractivity contribution in [2.24, 2.45) is 16.6 Å². The Morgan fingerprint density at radius 3 is 1.21 bits per heavy atom. The van der Waals surface area contributed by atoms with Gasteiger partial charge in [0.15, 0.2) is 0 Å². The number of rotatable bonds is 10. The van der Waals surface area contributed by atoms with E-state index in [-0.39, 0.29) is 53.4 Å². The van der Waals surface area contributed by atoms with Crippen molar-refractivity contribution in [3.8, 4) is 0 Å². The number of carbonyl (C=O) groups is 2. The third-order valence-electron chi connectivity index (χ3n) is 2.19. The zero-order valence-corrected chi connectivity index (χ0v) is 16.9. The van der Waals surface area contributed by atoms with E-state index in [1.54, 1.807) is 0 Å². The van der Waals surface area contributed by atoms with Crippen LogP contribution < -0.4 is 16.6 Å². The van der Waals surface area contributed by atoms with Crippen LogP contribution in [-0.2, 0) is 19.9 Å². The van der Waals surface area contributed by atoms with E-state index in [0.29, 0.717) is 13.1 Å². The molecule has 0 aliphatic rings. The number of aliphatic carboxylic acids is 2. The number of nitrogens with two attached hydrogens (primary N) is 3. The first-order valence-corrected chi connectivity index (χ1v) is 8.63. The zero-order chi connectivity index (χ0) is 18.7. The molecule has 0 atom stereocenters. The molecule has 0 spiro atoms. The van der Waals surface area contributed by atoms with E-state index >= 15 is 0 Å². The molecule has 0 bridgehead atoms. The molecule has 0 unspecified atom stereocenters. The van der Waals surface area contributed by atoms with Crippen molar-refractivity contribution in [3.05, 3.63) is 0 Å². The third kappa shape index (κ3) is 67.4. The van der Waals surface area contributed by atoms with Crippen molar-refractivity contribution in [1.29, 1.82) is 0 Å². The van der Waals surface area contributed by atoms with Gasteiger partial charge < -0.3 is 24.5 Å². The second-order valence-corrected chi connectivity index (χ2v) is 5.53. The van der Waals surface area contributed by atoms with Crippen molar-refractivity contribution in [1.82, 2.24) is 0 Å². The maximum Gasteiger partial charge on any atom is 2.00 e. The summed E-state index contributed by atoms with van der Waals surface area (Å²) in [5, 5.41) is 20.2. The molecule has 0 radical (unpaired) electrons.